The number of hydrogen-bond acceptors (Lipinski definition) is 4. The summed E-state index contributed by atoms with van der Waals surface area (Å²) in [6.07, 6.45) is 0. The van der Waals surface area contributed by atoms with Crippen LogP contribution in [0.2, 0.25) is 0 Å². The molecule has 0 spiro atoms. The summed E-state index contributed by atoms with van der Waals surface area (Å²) in [5.74, 6) is 0. The molecule has 3 nitrogen and oxygen atoms in total. The third-order valence-corrected chi connectivity index (χ3v) is 4.87. The van der Waals surface area contributed by atoms with E-state index in [0.717, 1.165) is 24.6 Å². The molecule has 1 saturated heterocycles. The number of rotatable bonds is 3. The summed E-state index contributed by atoms with van der Waals surface area (Å²) in [7, 11) is 0. The van der Waals surface area contributed by atoms with E-state index in [0.29, 0.717) is 12.1 Å². The molecule has 1 aliphatic rings. The van der Waals surface area contributed by atoms with Crippen LogP contribution < -0.4 is 5.32 Å². The SMILES string of the molecule is CC1CNCC(C)N1Cc1csc(-c2ccccc2)n1. The second kappa shape index (κ2) is 6.04. The molecule has 106 valence electrons. The maximum Gasteiger partial charge on any atom is 0.123 e. The second-order valence-corrected chi connectivity index (χ2v) is 6.40. The van der Waals surface area contributed by atoms with Crippen LogP contribution in [0.15, 0.2) is 35.7 Å². The highest BCUT2D eigenvalue weighted by atomic mass is 32.1. The molecule has 1 aromatic carbocycles. The summed E-state index contributed by atoms with van der Waals surface area (Å²) < 4.78 is 0. The minimum atomic E-state index is 0.570. The van der Waals surface area contributed by atoms with Gasteiger partial charge >= 0.3 is 0 Å². The van der Waals surface area contributed by atoms with E-state index >= 15 is 0 Å². The van der Waals surface area contributed by atoms with Gasteiger partial charge < -0.3 is 5.32 Å². The third-order valence-electron chi connectivity index (χ3n) is 3.93. The molecule has 1 N–H and O–H groups in total. The Balaban J connectivity index is 1.74. The molecule has 2 atom stereocenters. The minimum Gasteiger partial charge on any atom is -0.314 e. The normalized spacial score (nSPS) is 23.9. The van der Waals surface area contributed by atoms with Crippen molar-refractivity contribution in [3.63, 3.8) is 0 Å². The Kier molecular flexibility index (Phi) is 4.15. The Bertz CT molecular complexity index is 542. The Morgan fingerprint density at radius 1 is 1.20 bits per heavy atom. The van der Waals surface area contributed by atoms with Crippen molar-refractivity contribution in [1.82, 2.24) is 15.2 Å². The molecule has 2 aromatic rings. The second-order valence-electron chi connectivity index (χ2n) is 5.54. The molecule has 1 fully saturated rings. The van der Waals surface area contributed by atoms with Gasteiger partial charge in [0.2, 0.25) is 0 Å². The van der Waals surface area contributed by atoms with Crippen molar-refractivity contribution in [3.8, 4) is 10.6 Å². The van der Waals surface area contributed by atoms with Crippen LogP contribution in [0.25, 0.3) is 10.6 Å². The van der Waals surface area contributed by atoms with Gasteiger partial charge in [-0.15, -0.1) is 11.3 Å². The standard InChI is InChI=1S/C16H21N3S/c1-12-8-17-9-13(2)19(12)10-15-11-20-16(18-15)14-6-4-3-5-7-14/h3-7,11-13,17H,8-10H2,1-2H3. The maximum atomic E-state index is 4.80. The molecule has 0 bridgehead atoms. The van der Waals surface area contributed by atoms with Gasteiger partial charge in [0.25, 0.3) is 0 Å². The van der Waals surface area contributed by atoms with E-state index in [9.17, 15) is 0 Å². The molecule has 0 amide bonds. The van der Waals surface area contributed by atoms with E-state index in [4.69, 9.17) is 4.98 Å². The van der Waals surface area contributed by atoms with Crippen LogP contribution in [0.3, 0.4) is 0 Å². The van der Waals surface area contributed by atoms with Gasteiger partial charge in [-0.25, -0.2) is 4.98 Å². The van der Waals surface area contributed by atoms with Crippen LogP contribution in [0.5, 0.6) is 0 Å². The lowest BCUT2D eigenvalue weighted by Crippen LogP contribution is -2.54. The van der Waals surface area contributed by atoms with Crippen molar-refractivity contribution < 1.29 is 0 Å². The van der Waals surface area contributed by atoms with Crippen molar-refractivity contribution in [3.05, 3.63) is 41.4 Å². The van der Waals surface area contributed by atoms with E-state index < -0.39 is 0 Å². The number of nitrogens with zero attached hydrogens (tertiary/aromatic N) is 2. The lowest BCUT2D eigenvalue weighted by Gasteiger charge is -2.38. The molecule has 1 aliphatic heterocycles. The van der Waals surface area contributed by atoms with Gasteiger partial charge in [0.15, 0.2) is 0 Å². The van der Waals surface area contributed by atoms with Gasteiger partial charge in [-0.3, -0.25) is 4.90 Å². The number of hydrogen-bond donors (Lipinski definition) is 1. The molecule has 0 aliphatic carbocycles. The quantitative estimate of drug-likeness (QED) is 0.940. The van der Waals surface area contributed by atoms with Gasteiger partial charge in [-0.2, -0.15) is 0 Å². The van der Waals surface area contributed by atoms with Gasteiger partial charge in [0.1, 0.15) is 5.01 Å². The smallest absolute Gasteiger partial charge is 0.123 e. The first-order chi connectivity index (χ1) is 9.74. The zero-order chi connectivity index (χ0) is 13.9. The summed E-state index contributed by atoms with van der Waals surface area (Å²) in [6, 6.07) is 11.6. The van der Waals surface area contributed by atoms with E-state index in [1.807, 2.05) is 6.07 Å². The van der Waals surface area contributed by atoms with Crippen LogP contribution in [0.1, 0.15) is 19.5 Å². The Morgan fingerprint density at radius 2 is 1.90 bits per heavy atom. The lowest BCUT2D eigenvalue weighted by atomic mass is 10.1. The first-order valence-electron chi connectivity index (χ1n) is 7.20. The van der Waals surface area contributed by atoms with Crippen molar-refractivity contribution in [2.75, 3.05) is 13.1 Å². The monoisotopic (exact) mass is 287 g/mol. The average Bonchev–Trinajstić information content (AvgIpc) is 2.93. The highest BCUT2D eigenvalue weighted by molar-refractivity contribution is 7.13. The molecular formula is C16H21N3S. The van der Waals surface area contributed by atoms with E-state index in [2.05, 4.69) is 53.7 Å². The average molecular weight is 287 g/mol. The molecule has 2 heterocycles. The Hall–Kier alpha value is -1.23. The summed E-state index contributed by atoms with van der Waals surface area (Å²) in [5.41, 5.74) is 2.40. The molecule has 4 heteroatoms. The Labute approximate surface area is 124 Å². The molecule has 0 radical (unpaired) electrons. The molecule has 20 heavy (non-hydrogen) atoms. The van der Waals surface area contributed by atoms with Crippen LogP contribution in [-0.4, -0.2) is 35.1 Å². The summed E-state index contributed by atoms with van der Waals surface area (Å²) in [6.45, 7) is 7.66. The summed E-state index contributed by atoms with van der Waals surface area (Å²) >= 11 is 1.74. The number of thiazole rings is 1. The topological polar surface area (TPSA) is 28.2 Å². The molecule has 2 unspecified atom stereocenters. The highest BCUT2D eigenvalue weighted by Gasteiger charge is 2.24. The lowest BCUT2D eigenvalue weighted by molar-refractivity contribution is 0.107. The fourth-order valence-corrected chi connectivity index (χ4v) is 3.58. The number of aromatic nitrogens is 1. The predicted molar refractivity (Wildman–Crippen MR) is 84.9 cm³/mol. The maximum absolute atomic E-state index is 4.80. The van der Waals surface area contributed by atoms with Crippen LogP contribution in [-0.2, 0) is 6.54 Å². The van der Waals surface area contributed by atoms with Crippen molar-refractivity contribution in [2.45, 2.75) is 32.5 Å². The third kappa shape index (κ3) is 2.92. The summed E-state index contributed by atoms with van der Waals surface area (Å²) in [5, 5.41) is 6.79. The molecule has 3 rings (SSSR count). The first-order valence-corrected chi connectivity index (χ1v) is 8.08. The molecule has 1 aromatic heterocycles. The fraction of sp³-hybridized carbons (Fsp3) is 0.438. The highest BCUT2D eigenvalue weighted by Crippen LogP contribution is 2.24. The zero-order valence-electron chi connectivity index (χ0n) is 12.0. The van der Waals surface area contributed by atoms with E-state index in [1.54, 1.807) is 11.3 Å². The largest absolute Gasteiger partial charge is 0.314 e. The molecule has 0 saturated carbocycles. The van der Waals surface area contributed by atoms with Gasteiger partial charge in [-0.05, 0) is 13.8 Å². The van der Waals surface area contributed by atoms with Crippen molar-refractivity contribution >= 4 is 11.3 Å². The minimum absolute atomic E-state index is 0.570. The van der Waals surface area contributed by atoms with Gasteiger partial charge in [-0.1, -0.05) is 30.3 Å². The molecular weight excluding hydrogens is 266 g/mol. The first kappa shape index (κ1) is 13.7. The number of benzene rings is 1. The van der Waals surface area contributed by atoms with Crippen LogP contribution in [0.4, 0.5) is 0 Å². The Morgan fingerprint density at radius 3 is 2.60 bits per heavy atom. The van der Waals surface area contributed by atoms with E-state index in [-0.39, 0.29) is 0 Å². The number of piperazine rings is 1. The predicted octanol–water partition coefficient (Wildman–Crippen LogP) is 2.99. The van der Waals surface area contributed by atoms with Crippen molar-refractivity contribution in [1.29, 1.82) is 0 Å². The van der Waals surface area contributed by atoms with Crippen molar-refractivity contribution in [2.24, 2.45) is 0 Å². The van der Waals surface area contributed by atoms with Gasteiger partial charge in [0, 0.05) is 42.7 Å². The number of nitrogens with one attached hydrogen (secondary N) is 1. The van der Waals surface area contributed by atoms with Gasteiger partial charge in [0.05, 0.1) is 5.69 Å². The summed E-state index contributed by atoms with van der Waals surface area (Å²) in [4.78, 5) is 7.34. The van der Waals surface area contributed by atoms with Crippen LogP contribution >= 0.6 is 11.3 Å². The van der Waals surface area contributed by atoms with E-state index in [1.165, 1.54) is 11.3 Å². The fourth-order valence-electron chi connectivity index (χ4n) is 2.76. The zero-order valence-corrected chi connectivity index (χ0v) is 12.9. The van der Waals surface area contributed by atoms with Crippen LogP contribution in [0, 0.1) is 0 Å².